The lowest BCUT2D eigenvalue weighted by molar-refractivity contribution is 0.143. The summed E-state index contributed by atoms with van der Waals surface area (Å²) in [7, 11) is 0. The van der Waals surface area contributed by atoms with E-state index in [9.17, 15) is 4.79 Å². The fraction of sp³-hybridized carbons (Fsp3) is 0.952. The number of carbonyl (C=O) groups is 1. The molecule has 0 aliphatic carbocycles. The number of unbranched alkanes of at least 4 members (excludes halogenated alkanes) is 14. The number of alkyl carbamates (subject to hydrolysis) is 1. The van der Waals surface area contributed by atoms with Crippen LogP contribution in [-0.2, 0) is 4.74 Å². The molecule has 3 nitrogen and oxygen atoms in total. The first-order valence-corrected chi connectivity index (χ1v) is 11.5. The molecule has 0 aromatic carbocycles. The van der Waals surface area contributed by atoms with Crippen molar-refractivity contribution in [2.45, 2.75) is 110 Å². The van der Waals surface area contributed by atoms with E-state index in [2.05, 4.69) is 24.9 Å². The number of carbonyl (C=O) groups excluding carboxylic acids is 1. The van der Waals surface area contributed by atoms with Gasteiger partial charge in [0.15, 0.2) is 0 Å². The van der Waals surface area contributed by atoms with E-state index >= 15 is 0 Å². The summed E-state index contributed by atoms with van der Waals surface area (Å²) in [5, 5.41) is 2.77. The summed E-state index contributed by atoms with van der Waals surface area (Å²) in [5.41, 5.74) is 0. The predicted octanol–water partition coefficient (Wildman–Crippen LogP) is 6.90. The van der Waals surface area contributed by atoms with Crippen LogP contribution in [0.1, 0.15) is 110 Å². The summed E-state index contributed by atoms with van der Waals surface area (Å²) in [4.78, 5) is 11.3. The van der Waals surface area contributed by atoms with Crippen molar-refractivity contribution in [2.75, 3.05) is 18.9 Å². The minimum atomic E-state index is -0.254. The molecule has 150 valence electrons. The number of nitrogens with one attached hydrogen (secondary N) is 1. The molecule has 0 rings (SSSR count). The fourth-order valence-electron chi connectivity index (χ4n) is 2.92. The monoisotopic (exact) mass is 373 g/mol. The van der Waals surface area contributed by atoms with Crippen molar-refractivity contribution in [2.24, 2.45) is 0 Å². The van der Waals surface area contributed by atoms with Crippen molar-refractivity contribution in [1.82, 2.24) is 5.32 Å². The van der Waals surface area contributed by atoms with E-state index in [-0.39, 0.29) is 6.09 Å². The van der Waals surface area contributed by atoms with Gasteiger partial charge < -0.3 is 10.1 Å². The third kappa shape index (κ3) is 21.6. The number of ether oxygens (including phenoxy) is 1. The van der Waals surface area contributed by atoms with E-state index in [0.717, 1.165) is 31.6 Å². The van der Waals surface area contributed by atoms with Crippen LogP contribution >= 0.6 is 12.6 Å². The maximum absolute atomic E-state index is 11.3. The smallest absolute Gasteiger partial charge is 0.407 e. The Kier molecular flexibility index (Phi) is 21.3. The van der Waals surface area contributed by atoms with Crippen molar-refractivity contribution in [3.8, 4) is 0 Å². The second-order valence-corrected chi connectivity index (χ2v) is 7.54. The van der Waals surface area contributed by atoms with Crippen molar-refractivity contribution in [3.63, 3.8) is 0 Å². The van der Waals surface area contributed by atoms with Gasteiger partial charge in [-0.2, -0.15) is 12.6 Å². The Morgan fingerprint density at radius 1 is 0.720 bits per heavy atom. The fourth-order valence-corrected chi connectivity index (χ4v) is 3.14. The average molecular weight is 374 g/mol. The highest BCUT2D eigenvalue weighted by Crippen LogP contribution is 2.13. The van der Waals surface area contributed by atoms with Gasteiger partial charge in [0, 0.05) is 6.54 Å². The van der Waals surface area contributed by atoms with Gasteiger partial charge in [0.05, 0.1) is 6.61 Å². The molecule has 0 atom stereocenters. The Balaban J connectivity index is 3.06. The van der Waals surface area contributed by atoms with Crippen molar-refractivity contribution >= 4 is 18.7 Å². The lowest BCUT2D eigenvalue weighted by Gasteiger charge is -2.06. The molecule has 0 heterocycles. The molecule has 0 aromatic heterocycles. The first kappa shape index (κ1) is 24.6. The summed E-state index contributed by atoms with van der Waals surface area (Å²) >= 11 is 4.24. The predicted molar refractivity (Wildman–Crippen MR) is 113 cm³/mol. The van der Waals surface area contributed by atoms with Crippen LogP contribution in [0.15, 0.2) is 0 Å². The second kappa shape index (κ2) is 21.7. The lowest BCUT2D eigenvalue weighted by atomic mass is 10.0. The maximum atomic E-state index is 11.3. The zero-order chi connectivity index (χ0) is 18.4. The minimum Gasteiger partial charge on any atom is -0.450 e. The molecule has 4 heteroatoms. The van der Waals surface area contributed by atoms with Crippen LogP contribution in [-0.4, -0.2) is 25.0 Å². The third-order valence-electron chi connectivity index (χ3n) is 4.59. The lowest BCUT2D eigenvalue weighted by Crippen LogP contribution is -2.25. The van der Waals surface area contributed by atoms with Gasteiger partial charge in [0.1, 0.15) is 0 Å². The first-order valence-electron chi connectivity index (χ1n) is 10.8. The van der Waals surface area contributed by atoms with Crippen molar-refractivity contribution < 1.29 is 9.53 Å². The molecule has 0 unspecified atom stereocenters. The summed E-state index contributed by atoms with van der Waals surface area (Å²) in [5.74, 6) is 1.04. The molecule has 0 spiro atoms. The van der Waals surface area contributed by atoms with E-state index < -0.39 is 0 Å². The highest BCUT2D eigenvalue weighted by Gasteiger charge is 2.00. The van der Waals surface area contributed by atoms with Crippen LogP contribution in [0.5, 0.6) is 0 Å². The van der Waals surface area contributed by atoms with Gasteiger partial charge in [0.2, 0.25) is 0 Å². The number of hydrogen-bond donors (Lipinski definition) is 2. The molecule has 0 aliphatic rings. The Bertz CT molecular complexity index is 275. The molecule has 0 fully saturated rings. The standard InChI is InChI=1S/C21H43NO2S/c1-2-3-18-22-21(23)24-19-16-14-12-10-8-6-4-5-7-9-11-13-15-17-20-25/h25H,2-20H2,1H3,(H,22,23). The largest absolute Gasteiger partial charge is 0.450 e. The van der Waals surface area contributed by atoms with Crippen LogP contribution in [0.3, 0.4) is 0 Å². The molecule has 0 saturated heterocycles. The Labute approximate surface area is 162 Å². The van der Waals surface area contributed by atoms with Gasteiger partial charge in [-0.15, -0.1) is 0 Å². The number of amides is 1. The SMILES string of the molecule is CCCCNC(=O)OCCCCCCCCCCCCCCCCS. The summed E-state index contributed by atoms with van der Waals surface area (Å²) in [6, 6.07) is 0. The van der Waals surface area contributed by atoms with E-state index in [1.54, 1.807) is 0 Å². The first-order chi connectivity index (χ1) is 12.3. The van der Waals surface area contributed by atoms with Crippen LogP contribution in [0.4, 0.5) is 4.79 Å². The van der Waals surface area contributed by atoms with E-state index in [0.29, 0.717) is 6.61 Å². The average Bonchev–Trinajstić information content (AvgIpc) is 2.61. The van der Waals surface area contributed by atoms with Crippen molar-refractivity contribution in [1.29, 1.82) is 0 Å². The minimum absolute atomic E-state index is 0.254. The van der Waals surface area contributed by atoms with Gasteiger partial charge in [-0.25, -0.2) is 4.79 Å². The summed E-state index contributed by atoms with van der Waals surface area (Å²) in [6.45, 7) is 3.40. The molecular weight excluding hydrogens is 330 g/mol. The number of thiol groups is 1. The molecule has 1 N–H and O–H groups in total. The topological polar surface area (TPSA) is 38.3 Å². The summed E-state index contributed by atoms with van der Waals surface area (Å²) < 4.78 is 5.15. The van der Waals surface area contributed by atoms with Crippen LogP contribution in [0.25, 0.3) is 0 Å². The molecular formula is C21H43NO2S. The Morgan fingerprint density at radius 3 is 1.60 bits per heavy atom. The van der Waals surface area contributed by atoms with Crippen LogP contribution in [0, 0.1) is 0 Å². The molecule has 0 bridgehead atoms. The number of rotatable bonds is 19. The molecule has 25 heavy (non-hydrogen) atoms. The zero-order valence-electron chi connectivity index (χ0n) is 16.7. The second-order valence-electron chi connectivity index (χ2n) is 7.09. The zero-order valence-corrected chi connectivity index (χ0v) is 17.6. The van der Waals surface area contributed by atoms with E-state index in [4.69, 9.17) is 4.74 Å². The maximum Gasteiger partial charge on any atom is 0.407 e. The van der Waals surface area contributed by atoms with Gasteiger partial charge in [0.25, 0.3) is 0 Å². The van der Waals surface area contributed by atoms with E-state index in [1.807, 2.05) is 0 Å². The van der Waals surface area contributed by atoms with Crippen molar-refractivity contribution in [3.05, 3.63) is 0 Å². The highest BCUT2D eigenvalue weighted by atomic mass is 32.1. The quantitative estimate of drug-likeness (QED) is 0.191. The van der Waals surface area contributed by atoms with Gasteiger partial charge in [-0.05, 0) is 25.0 Å². The third-order valence-corrected chi connectivity index (χ3v) is 4.90. The highest BCUT2D eigenvalue weighted by molar-refractivity contribution is 7.80. The molecule has 1 amide bonds. The van der Waals surface area contributed by atoms with Gasteiger partial charge in [-0.3, -0.25) is 0 Å². The Hall–Kier alpha value is -0.380. The molecule has 0 aliphatic heterocycles. The van der Waals surface area contributed by atoms with Gasteiger partial charge in [-0.1, -0.05) is 90.4 Å². The molecule has 0 aromatic rings. The Morgan fingerprint density at radius 2 is 1.16 bits per heavy atom. The van der Waals surface area contributed by atoms with Gasteiger partial charge >= 0.3 is 6.09 Å². The normalized spacial score (nSPS) is 10.8. The van der Waals surface area contributed by atoms with E-state index in [1.165, 1.54) is 83.5 Å². The van der Waals surface area contributed by atoms with Crippen LogP contribution < -0.4 is 5.32 Å². The number of hydrogen-bond acceptors (Lipinski definition) is 3. The van der Waals surface area contributed by atoms with Crippen LogP contribution in [0.2, 0.25) is 0 Å². The molecule has 0 radical (unpaired) electrons. The summed E-state index contributed by atoms with van der Waals surface area (Å²) in [6.07, 6.45) is 20.5. The molecule has 0 saturated carbocycles.